The van der Waals surface area contributed by atoms with Crippen LogP contribution < -0.4 is 0 Å². The van der Waals surface area contributed by atoms with Crippen molar-refractivity contribution in [1.29, 1.82) is 0 Å². The van der Waals surface area contributed by atoms with Crippen LogP contribution in [-0.2, 0) is 9.53 Å². The molecule has 0 fully saturated rings. The summed E-state index contributed by atoms with van der Waals surface area (Å²) in [7, 11) is 1.39. The lowest BCUT2D eigenvalue weighted by Crippen LogP contribution is -1.92. The maximum atomic E-state index is 10.8. The zero-order chi connectivity index (χ0) is 15.6. The number of unbranched alkanes of at least 4 members (excludes halogenated alkanes) is 11. The zero-order valence-corrected chi connectivity index (χ0v) is 14.1. The number of allylic oxidation sites excluding steroid dienone is 3. The number of esters is 1. The third kappa shape index (κ3) is 16.9. The van der Waals surface area contributed by atoms with Gasteiger partial charge in [0.2, 0.25) is 0 Å². The number of rotatable bonds is 14. The van der Waals surface area contributed by atoms with E-state index >= 15 is 0 Å². The Morgan fingerprint density at radius 2 is 1.33 bits per heavy atom. The summed E-state index contributed by atoms with van der Waals surface area (Å²) < 4.78 is 4.51. The van der Waals surface area contributed by atoms with Gasteiger partial charge in [0, 0.05) is 6.08 Å². The van der Waals surface area contributed by atoms with Gasteiger partial charge in [0.1, 0.15) is 0 Å². The van der Waals surface area contributed by atoms with Gasteiger partial charge in [-0.05, 0) is 12.8 Å². The second-order valence-electron chi connectivity index (χ2n) is 5.63. The standard InChI is InChI=1S/C19H34O2/c1-3-4-5-6-7-8-9-10-11-12-13-14-15-16-17-18-19(20)21-2/h15-18H,3-14H2,1-2H3/b16-15-,18-17-. The lowest BCUT2D eigenvalue weighted by molar-refractivity contribution is -0.134. The molecule has 2 heteroatoms. The van der Waals surface area contributed by atoms with E-state index in [4.69, 9.17) is 0 Å². The molecule has 0 bridgehead atoms. The van der Waals surface area contributed by atoms with Crippen LogP contribution in [0.1, 0.15) is 84.0 Å². The van der Waals surface area contributed by atoms with Crippen LogP contribution in [-0.4, -0.2) is 13.1 Å². The normalized spacial score (nSPS) is 11.5. The van der Waals surface area contributed by atoms with Gasteiger partial charge in [-0.25, -0.2) is 4.79 Å². The molecule has 122 valence electrons. The molecule has 0 atom stereocenters. The van der Waals surface area contributed by atoms with Gasteiger partial charge in [-0.15, -0.1) is 0 Å². The maximum Gasteiger partial charge on any atom is 0.330 e. The predicted octanol–water partition coefficient (Wildman–Crippen LogP) is 5.97. The lowest BCUT2D eigenvalue weighted by Gasteiger charge is -2.01. The van der Waals surface area contributed by atoms with E-state index in [1.165, 1.54) is 83.8 Å². The largest absolute Gasteiger partial charge is 0.466 e. The molecule has 0 unspecified atom stereocenters. The lowest BCUT2D eigenvalue weighted by atomic mass is 10.1. The third-order valence-corrected chi connectivity index (χ3v) is 3.66. The van der Waals surface area contributed by atoms with Gasteiger partial charge in [-0.3, -0.25) is 0 Å². The van der Waals surface area contributed by atoms with E-state index in [1.54, 1.807) is 6.08 Å². The average molecular weight is 294 g/mol. The smallest absolute Gasteiger partial charge is 0.330 e. The fourth-order valence-electron chi connectivity index (χ4n) is 2.30. The van der Waals surface area contributed by atoms with Gasteiger partial charge in [0.05, 0.1) is 7.11 Å². The molecule has 2 nitrogen and oxygen atoms in total. The van der Waals surface area contributed by atoms with Crippen molar-refractivity contribution in [2.75, 3.05) is 7.11 Å². The minimum atomic E-state index is -0.297. The molecule has 0 amide bonds. The Bertz CT molecular complexity index is 279. The van der Waals surface area contributed by atoms with E-state index in [0.29, 0.717) is 0 Å². The molecule has 21 heavy (non-hydrogen) atoms. The highest BCUT2D eigenvalue weighted by Gasteiger charge is 1.92. The molecule has 0 rings (SSSR count). The van der Waals surface area contributed by atoms with Crippen LogP contribution in [0.5, 0.6) is 0 Å². The molecule has 0 aromatic heterocycles. The SMILES string of the molecule is CCCCCCCCCCCCC/C=C\C=C/C(=O)OC. The van der Waals surface area contributed by atoms with Gasteiger partial charge in [0.15, 0.2) is 0 Å². The van der Waals surface area contributed by atoms with Crippen molar-refractivity contribution in [2.24, 2.45) is 0 Å². The van der Waals surface area contributed by atoms with E-state index < -0.39 is 0 Å². The highest BCUT2D eigenvalue weighted by molar-refractivity contribution is 5.82. The van der Waals surface area contributed by atoms with Gasteiger partial charge in [0.25, 0.3) is 0 Å². The predicted molar refractivity (Wildman–Crippen MR) is 91.4 cm³/mol. The quantitative estimate of drug-likeness (QED) is 0.171. The molecule has 0 N–H and O–H groups in total. The summed E-state index contributed by atoms with van der Waals surface area (Å²) in [4.78, 5) is 10.8. The number of carbonyl (C=O) groups excluding carboxylic acids is 1. The average Bonchev–Trinajstić information content (AvgIpc) is 2.50. The summed E-state index contributed by atoms with van der Waals surface area (Å²) in [6, 6.07) is 0. The van der Waals surface area contributed by atoms with Crippen LogP contribution in [0.3, 0.4) is 0 Å². The number of ether oxygens (including phenoxy) is 1. The summed E-state index contributed by atoms with van der Waals surface area (Å²) in [6.07, 6.45) is 23.5. The van der Waals surface area contributed by atoms with Crippen LogP contribution in [0.2, 0.25) is 0 Å². The zero-order valence-electron chi connectivity index (χ0n) is 14.1. The first-order valence-corrected chi connectivity index (χ1v) is 8.72. The molecular weight excluding hydrogens is 260 g/mol. The molecule has 0 spiro atoms. The molecule has 0 radical (unpaired) electrons. The summed E-state index contributed by atoms with van der Waals surface area (Å²) in [5.74, 6) is -0.297. The Morgan fingerprint density at radius 3 is 1.86 bits per heavy atom. The minimum absolute atomic E-state index is 0.297. The molecule has 0 heterocycles. The summed E-state index contributed by atoms with van der Waals surface area (Å²) in [6.45, 7) is 2.27. The van der Waals surface area contributed by atoms with Crippen molar-refractivity contribution < 1.29 is 9.53 Å². The van der Waals surface area contributed by atoms with Crippen molar-refractivity contribution in [3.05, 3.63) is 24.3 Å². The fourth-order valence-corrected chi connectivity index (χ4v) is 2.30. The van der Waals surface area contributed by atoms with Crippen molar-refractivity contribution in [1.82, 2.24) is 0 Å². The second kappa shape index (κ2) is 17.0. The van der Waals surface area contributed by atoms with Gasteiger partial charge in [-0.1, -0.05) is 89.4 Å². The molecule has 0 aromatic rings. The maximum absolute atomic E-state index is 10.8. The first-order chi connectivity index (χ1) is 10.3. The van der Waals surface area contributed by atoms with E-state index in [0.717, 1.165) is 6.42 Å². The van der Waals surface area contributed by atoms with Crippen LogP contribution >= 0.6 is 0 Å². The molecule has 0 saturated carbocycles. The topological polar surface area (TPSA) is 26.3 Å². The number of carbonyl (C=O) groups is 1. The molecular formula is C19H34O2. The van der Waals surface area contributed by atoms with Gasteiger partial charge >= 0.3 is 5.97 Å². The molecule has 0 aliphatic rings. The highest BCUT2D eigenvalue weighted by Crippen LogP contribution is 2.11. The first-order valence-electron chi connectivity index (χ1n) is 8.72. The molecule has 0 saturated heterocycles. The Kier molecular flexibility index (Phi) is 16.2. The first kappa shape index (κ1) is 19.9. The Labute approximate surface area is 131 Å². The van der Waals surface area contributed by atoms with Crippen LogP contribution in [0.15, 0.2) is 24.3 Å². The monoisotopic (exact) mass is 294 g/mol. The summed E-state index contributed by atoms with van der Waals surface area (Å²) >= 11 is 0. The van der Waals surface area contributed by atoms with E-state index in [1.807, 2.05) is 6.08 Å². The summed E-state index contributed by atoms with van der Waals surface area (Å²) in [5, 5.41) is 0. The van der Waals surface area contributed by atoms with E-state index in [9.17, 15) is 4.79 Å². The summed E-state index contributed by atoms with van der Waals surface area (Å²) in [5.41, 5.74) is 0. The Hall–Kier alpha value is -1.05. The highest BCUT2D eigenvalue weighted by atomic mass is 16.5. The van der Waals surface area contributed by atoms with E-state index in [2.05, 4.69) is 17.7 Å². The van der Waals surface area contributed by atoms with Crippen LogP contribution in [0, 0.1) is 0 Å². The van der Waals surface area contributed by atoms with Crippen molar-refractivity contribution >= 4 is 5.97 Å². The van der Waals surface area contributed by atoms with E-state index in [-0.39, 0.29) is 5.97 Å². The molecule has 0 aromatic carbocycles. The Balaban J connectivity index is 3.17. The van der Waals surface area contributed by atoms with Gasteiger partial charge in [-0.2, -0.15) is 0 Å². The van der Waals surface area contributed by atoms with Crippen molar-refractivity contribution in [3.63, 3.8) is 0 Å². The second-order valence-corrected chi connectivity index (χ2v) is 5.63. The van der Waals surface area contributed by atoms with Crippen molar-refractivity contribution in [3.8, 4) is 0 Å². The Morgan fingerprint density at radius 1 is 0.810 bits per heavy atom. The number of hydrogen-bond donors (Lipinski definition) is 0. The fraction of sp³-hybridized carbons (Fsp3) is 0.737. The van der Waals surface area contributed by atoms with Gasteiger partial charge < -0.3 is 4.74 Å². The third-order valence-electron chi connectivity index (χ3n) is 3.66. The van der Waals surface area contributed by atoms with Crippen LogP contribution in [0.25, 0.3) is 0 Å². The number of hydrogen-bond acceptors (Lipinski definition) is 2. The minimum Gasteiger partial charge on any atom is -0.466 e. The number of methoxy groups -OCH3 is 1. The molecule has 0 aliphatic carbocycles. The molecule has 0 aliphatic heterocycles. The van der Waals surface area contributed by atoms with Crippen LogP contribution in [0.4, 0.5) is 0 Å². The van der Waals surface area contributed by atoms with Crippen molar-refractivity contribution in [2.45, 2.75) is 84.0 Å².